The number of aliphatic hydroxyl groups is 1. The summed E-state index contributed by atoms with van der Waals surface area (Å²) in [7, 11) is 0. The molecule has 0 bridgehead atoms. The molecular formula is C16H27NO2. The molecule has 0 fully saturated rings. The molecule has 3 nitrogen and oxygen atoms in total. The Labute approximate surface area is 117 Å². The maximum atomic E-state index is 9.85. The second kappa shape index (κ2) is 8.18. The minimum Gasteiger partial charge on any atom is -0.491 e. The summed E-state index contributed by atoms with van der Waals surface area (Å²) in [6, 6.07) is 6.25. The fourth-order valence-corrected chi connectivity index (χ4v) is 1.93. The number of aliphatic hydroxyl groups excluding tert-OH is 1. The zero-order chi connectivity index (χ0) is 14.3. The van der Waals surface area contributed by atoms with Crippen LogP contribution in [0, 0.1) is 6.92 Å². The molecule has 0 aliphatic carbocycles. The van der Waals surface area contributed by atoms with Crippen molar-refractivity contribution in [3.8, 4) is 5.75 Å². The number of ether oxygens (including phenoxy) is 1. The van der Waals surface area contributed by atoms with Crippen LogP contribution in [0.2, 0.25) is 0 Å². The first kappa shape index (κ1) is 16.0. The van der Waals surface area contributed by atoms with Crippen LogP contribution in [0.25, 0.3) is 0 Å². The number of benzene rings is 1. The van der Waals surface area contributed by atoms with Gasteiger partial charge in [-0.25, -0.2) is 0 Å². The molecule has 1 rings (SSSR count). The Bertz CT molecular complexity index is 377. The van der Waals surface area contributed by atoms with E-state index in [0.29, 0.717) is 19.1 Å². The van der Waals surface area contributed by atoms with Gasteiger partial charge in [0.05, 0.1) is 0 Å². The van der Waals surface area contributed by atoms with Gasteiger partial charge < -0.3 is 15.2 Å². The molecule has 108 valence electrons. The van der Waals surface area contributed by atoms with E-state index in [4.69, 9.17) is 4.74 Å². The van der Waals surface area contributed by atoms with Crippen LogP contribution in [0.15, 0.2) is 18.2 Å². The van der Waals surface area contributed by atoms with Crippen LogP contribution in [0.3, 0.4) is 0 Å². The highest BCUT2D eigenvalue weighted by molar-refractivity contribution is 5.39. The molecule has 0 amide bonds. The summed E-state index contributed by atoms with van der Waals surface area (Å²) < 4.78 is 5.78. The number of aryl methyl sites for hydroxylation is 1. The van der Waals surface area contributed by atoms with Crippen molar-refractivity contribution >= 4 is 0 Å². The van der Waals surface area contributed by atoms with Crippen LogP contribution in [0.5, 0.6) is 5.75 Å². The molecule has 0 heterocycles. The Hall–Kier alpha value is -1.06. The highest BCUT2D eigenvalue weighted by atomic mass is 16.5. The van der Waals surface area contributed by atoms with Crippen molar-refractivity contribution in [2.24, 2.45) is 0 Å². The van der Waals surface area contributed by atoms with Gasteiger partial charge in [0, 0.05) is 6.54 Å². The fraction of sp³-hybridized carbons (Fsp3) is 0.625. The molecule has 0 aliphatic rings. The van der Waals surface area contributed by atoms with Crippen molar-refractivity contribution in [3.63, 3.8) is 0 Å². The maximum absolute atomic E-state index is 9.85. The molecule has 1 unspecified atom stereocenters. The van der Waals surface area contributed by atoms with Crippen LogP contribution in [-0.4, -0.2) is 30.9 Å². The summed E-state index contributed by atoms with van der Waals surface area (Å²) in [5.74, 6) is 1.32. The summed E-state index contributed by atoms with van der Waals surface area (Å²) in [5, 5.41) is 13.0. The molecule has 0 radical (unpaired) electrons. The first-order valence-corrected chi connectivity index (χ1v) is 7.16. The average molecular weight is 265 g/mol. The Balaban J connectivity index is 2.54. The smallest absolute Gasteiger partial charge is 0.123 e. The van der Waals surface area contributed by atoms with Gasteiger partial charge in [-0.15, -0.1) is 0 Å². The van der Waals surface area contributed by atoms with E-state index in [2.05, 4.69) is 45.1 Å². The summed E-state index contributed by atoms with van der Waals surface area (Å²) in [6.07, 6.45) is 0.607. The van der Waals surface area contributed by atoms with Crippen molar-refractivity contribution in [3.05, 3.63) is 29.3 Å². The Morgan fingerprint density at radius 3 is 2.68 bits per heavy atom. The van der Waals surface area contributed by atoms with Gasteiger partial charge in [-0.1, -0.05) is 32.9 Å². The zero-order valence-electron chi connectivity index (χ0n) is 12.6. The lowest BCUT2D eigenvalue weighted by Gasteiger charge is -2.17. The number of rotatable bonds is 8. The number of hydrogen-bond donors (Lipinski definition) is 2. The van der Waals surface area contributed by atoms with E-state index in [-0.39, 0.29) is 0 Å². The topological polar surface area (TPSA) is 41.5 Å². The zero-order valence-corrected chi connectivity index (χ0v) is 12.6. The average Bonchev–Trinajstić information content (AvgIpc) is 2.36. The maximum Gasteiger partial charge on any atom is 0.123 e. The van der Waals surface area contributed by atoms with E-state index in [1.807, 2.05) is 6.07 Å². The third-order valence-electron chi connectivity index (χ3n) is 3.03. The van der Waals surface area contributed by atoms with Crippen LogP contribution in [0.4, 0.5) is 0 Å². The van der Waals surface area contributed by atoms with Gasteiger partial charge in [-0.2, -0.15) is 0 Å². The van der Waals surface area contributed by atoms with Crippen molar-refractivity contribution in [1.82, 2.24) is 5.32 Å². The molecule has 0 aromatic heterocycles. The molecule has 0 saturated heterocycles. The molecule has 0 aliphatic heterocycles. The standard InChI is InChI=1S/C16H27NO2/c1-5-8-17-10-14(18)11-19-16-9-13(4)6-7-15(16)12(2)3/h6-7,9,12,14,17-18H,5,8,10-11H2,1-4H3. The monoisotopic (exact) mass is 265 g/mol. The van der Waals surface area contributed by atoms with Gasteiger partial charge in [0.1, 0.15) is 18.5 Å². The second-order valence-electron chi connectivity index (χ2n) is 5.36. The fourth-order valence-electron chi connectivity index (χ4n) is 1.93. The van der Waals surface area contributed by atoms with Gasteiger partial charge in [0.25, 0.3) is 0 Å². The number of nitrogens with one attached hydrogen (secondary N) is 1. The van der Waals surface area contributed by atoms with Crippen molar-refractivity contribution < 1.29 is 9.84 Å². The molecule has 19 heavy (non-hydrogen) atoms. The van der Waals surface area contributed by atoms with E-state index >= 15 is 0 Å². The third-order valence-corrected chi connectivity index (χ3v) is 3.03. The Morgan fingerprint density at radius 2 is 2.05 bits per heavy atom. The molecule has 1 aromatic carbocycles. The van der Waals surface area contributed by atoms with Crippen molar-refractivity contribution in [2.75, 3.05) is 19.7 Å². The minimum absolute atomic E-state index is 0.333. The molecule has 1 aromatic rings. The van der Waals surface area contributed by atoms with Crippen LogP contribution < -0.4 is 10.1 Å². The normalized spacial score (nSPS) is 12.7. The molecule has 3 heteroatoms. The highest BCUT2D eigenvalue weighted by Crippen LogP contribution is 2.27. The first-order chi connectivity index (χ1) is 9.04. The predicted molar refractivity (Wildman–Crippen MR) is 79.9 cm³/mol. The Kier molecular flexibility index (Phi) is 6.89. The van der Waals surface area contributed by atoms with Gasteiger partial charge in [-0.05, 0) is 43.0 Å². The molecule has 1 atom stereocenters. The van der Waals surface area contributed by atoms with E-state index in [0.717, 1.165) is 18.7 Å². The second-order valence-corrected chi connectivity index (χ2v) is 5.36. The van der Waals surface area contributed by atoms with Gasteiger partial charge in [0.2, 0.25) is 0 Å². The highest BCUT2D eigenvalue weighted by Gasteiger charge is 2.10. The van der Waals surface area contributed by atoms with E-state index in [1.165, 1.54) is 11.1 Å². The molecular weight excluding hydrogens is 238 g/mol. The summed E-state index contributed by atoms with van der Waals surface area (Å²) in [5.41, 5.74) is 2.37. The summed E-state index contributed by atoms with van der Waals surface area (Å²) in [4.78, 5) is 0. The van der Waals surface area contributed by atoms with Gasteiger partial charge in [-0.3, -0.25) is 0 Å². The van der Waals surface area contributed by atoms with Gasteiger partial charge >= 0.3 is 0 Å². The lowest BCUT2D eigenvalue weighted by Crippen LogP contribution is -2.31. The van der Waals surface area contributed by atoms with Crippen LogP contribution >= 0.6 is 0 Å². The van der Waals surface area contributed by atoms with Gasteiger partial charge in [0.15, 0.2) is 0 Å². The summed E-state index contributed by atoms with van der Waals surface area (Å²) >= 11 is 0. The lowest BCUT2D eigenvalue weighted by atomic mass is 10.0. The predicted octanol–water partition coefficient (Wildman–Crippen LogP) is 2.86. The Morgan fingerprint density at radius 1 is 1.32 bits per heavy atom. The van der Waals surface area contributed by atoms with Crippen LogP contribution in [-0.2, 0) is 0 Å². The van der Waals surface area contributed by atoms with Crippen molar-refractivity contribution in [1.29, 1.82) is 0 Å². The lowest BCUT2D eigenvalue weighted by molar-refractivity contribution is 0.106. The van der Waals surface area contributed by atoms with E-state index < -0.39 is 6.10 Å². The minimum atomic E-state index is -0.466. The molecule has 0 spiro atoms. The van der Waals surface area contributed by atoms with Crippen LogP contribution in [0.1, 0.15) is 44.2 Å². The largest absolute Gasteiger partial charge is 0.491 e. The number of hydrogen-bond acceptors (Lipinski definition) is 3. The quantitative estimate of drug-likeness (QED) is 0.710. The van der Waals surface area contributed by atoms with E-state index in [9.17, 15) is 5.11 Å². The van der Waals surface area contributed by atoms with Crippen molar-refractivity contribution in [2.45, 2.75) is 46.1 Å². The first-order valence-electron chi connectivity index (χ1n) is 7.16. The molecule has 0 saturated carbocycles. The summed E-state index contributed by atoms with van der Waals surface area (Å²) in [6.45, 7) is 10.3. The molecule has 2 N–H and O–H groups in total. The van der Waals surface area contributed by atoms with E-state index in [1.54, 1.807) is 0 Å². The SMILES string of the molecule is CCCNCC(O)COc1cc(C)ccc1C(C)C. The third kappa shape index (κ3) is 5.62.